The molecular weight excluding hydrogens is 574 g/mol. The third-order valence-corrected chi connectivity index (χ3v) is 7.84. The van der Waals surface area contributed by atoms with Gasteiger partial charge in [0.25, 0.3) is 5.91 Å². The standard InChI is InChI=1S/C34H36ClN7O2/c1-21-32(22(2)40-39-21)24-9-12-28(13-10-24)37-33(43)30(38-34(44)31-15-16-36-42(31)5)19-27-18-26(11-14-29(27)35)25-8-6-7-23(17-25)20-41(3)4/h6-18,30H,19-20H2,1-5H3,(H,37,43)(H,38,44)(H,39,40)/t30-/m0/s1. The van der Waals surface area contributed by atoms with Gasteiger partial charge in [-0.05, 0) is 92.2 Å². The van der Waals surface area contributed by atoms with E-state index in [-0.39, 0.29) is 12.3 Å². The maximum Gasteiger partial charge on any atom is 0.270 e. The van der Waals surface area contributed by atoms with Gasteiger partial charge in [0.05, 0.1) is 5.69 Å². The van der Waals surface area contributed by atoms with Gasteiger partial charge in [-0.3, -0.25) is 19.4 Å². The number of aromatic nitrogens is 4. The second kappa shape index (κ2) is 13.3. The number of nitrogens with zero attached hydrogens (tertiary/aromatic N) is 4. The summed E-state index contributed by atoms with van der Waals surface area (Å²) in [4.78, 5) is 29.1. The van der Waals surface area contributed by atoms with Crippen LogP contribution in [0.25, 0.3) is 22.3 Å². The smallest absolute Gasteiger partial charge is 0.270 e. The van der Waals surface area contributed by atoms with Crippen molar-refractivity contribution in [2.45, 2.75) is 32.9 Å². The van der Waals surface area contributed by atoms with Crippen LogP contribution in [0.5, 0.6) is 0 Å². The quantitative estimate of drug-likeness (QED) is 0.186. The molecule has 44 heavy (non-hydrogen) atoms. The van der Waals surface area contributed by atoms with Crippen molar-refractivity contribution < 1.29 is 9.59 Å². The van der Waals surface area contributed by atoms with E-state index in [1.807, 2.05) is 76.5 Å². The maximum absolute atomic E-state index is 13.7. The van der Waals surface area contributed by atoms with E-state index in [0.29, 0.717) is 16.4 Å². The van der Waals surface area contributed by atoms with Crippen molar-refractivity contribution >= 4 is 29.1 Å². The van der Waals surface area contributed by atoms with Gasteiger partial charge in [-0.1, -0.05) is 48.0 Å². The predicted molar refractivity (Wildman–Crippen MR) is 175 cm³/mol. The Kier molecular flexibility index (Phi) is 9.27. The number of hydrogen-bond donors (Lipinski definition) is 3. The molecule has 2 aromatic heterocycles. The molecule has 3 N–H and O–H groups in total. The van der Waals surface area contributed by atoms with Crippen molar-refractivity contribution in [2.24, 2.45) is 7.05 Å². The van der Waals surface area contributed by atoms with Gasteiger partial charge in [-0.15, -0.1) is 0 Å². The molecule has 2 heterocycles. The topological polar surface area (TPSA) is 108 Å². The Bertz CT molecular complexity index is 1770. The summed E-state index contributed by atoms with van der Waals surface area (Å²) in [6, 6.07) is 22.4. The van der Waals surface area contributed by atoms with Crippen LogP contribution in [0, 0.1) is 13.8 Å². The van der Waals surface area contributed by atoms with Crippen molar-refractivity contribution in [3.05, 3.63) is 112 Å². The molecule has 0 radical (unpaired) electrons. The minimum Gasteiger partial charge on any atom is -0.339 e. The van der Waals surface area contributed by atoms with Crippen molar-refractivity contribution in [1.82, 2.24) is 30.2 Å². The molecule has 1 atom stereocenters. The fourth-order valence-electron chi connectivity index (χ4n) is 5.31. The lowest BCUT2D eigenvalue weighted by Gasteiger charge is -2.20. The number of nitrogens with one attached hydrogen (secondary N) is 3. The molecule has 226 valence electrons. The Morgan fingerprint density at radius 3 is 2.36 bits per heavy atom. The minimum absolute atomic E-state index is 0.185. The first-order chi connectivity index (χ1) is 21.1. The molecule has 10 heteroatoms. The van der Waals surface area contributed by atoms with Crippen molar-refractivity contribution in [1.29, 1.82) is 0 Å². The second-order valence-corrected chi connectivity index (χ2v) is 11.6. The zero-order valence-electron chi connectivity index (χ0n) is 25.5. The highest BCUT2D eigenvalue weighted by molar-refractivity contribution is 6.31. The summed E-state index contributed by atoms with van der Waals surface area (Å²) in [5, 5.41) is 17.8. The summed E-state index contributed by atoms with van der Waals surface area (Å²) < 4.78 is 1.47. The van der Waals surface area contributed by atoms with Crippen LogP contribution < -0.4 is 10.6 Å². The minimum atomic E-state index is -0.914. The Hall–Kier alpha value is -4.73. The third kappa shape index (κ3) is 7.07. The Morgan fingerprint density at radius 2 is 1.70 bits per heavy atom. The molecule has 0 aliphatic rings. The number of benzene rings is 3. The van der Waals surface area contributed by atoms with E-state index < -0.39 is 11.9 Å². The third-order valence-electron chi connectivity index (χ3n) is 7.47. The largest absolute Gasteiger partial charge is 0.339 e. The Balaban J connectivity index is 1.41. The van der Waals surface area contributed by atoms with E-state index >= 15 is 0 Å². The monoisotopic (exact) mass is 609 g/mol. The fraction of sp³-hybridized carbons (Fsp3) is 0.235. The molecule has 0 fully saturated rings. The number of anilines is 1. The van der Waals surface area contributed by atoms with E-state index in [1.54, 1.807) is 19.3 Å². The number of hydrogen-bond acceptors (Lipinski definition) is 5. The number of aromatic amines is 1. The zero-order chi connectivity index (χ0) is 31.4. The van der Waals surface area contributed by atoms with Crippen molar-refractivity contribution in [2.75, 3.05) is 19.4 Å². The number of amides is 2. The molecular formula is C34H36ClN7O2. The molecule has 0 bridgehead atoms. The molecule has 0 aliphatic carbocycles. The average molecular weight is 610 g/mol. The van der Waals surface area contributed by atoms with Gasteiger partial charge in [-0.25, -0.2) is 0 Å². The van der Waals surface area contributed by atoms with E-state index in [0.717, 1.165) is 45.7 Å². The highest BCUT2D eigenvalue weighted by atomic mass is 35.5. The number of carbonyl (C=O) groups is 2. The molecule has 3 aromatic carbocycles. The summed E-state index contributed by atoms with van der Waals surface area (Å²) in [6.07, 6.45) is 1.73. The normalized spacial score (nSPS) is 11.9. The highest BCUT2D eigenvalue weighted by Crippen LogP contribution is 2.29. The number of halogens is 1. The maximum atomic E-state index is 13.7. The van der Waals surface area contributed by atoms with E-state index in [9.17, 15) is 9.59 Å². The van der Waals surface area contributed by atoms with Crippen LogP contribution >= 0.6 is 11.6 Å². The summed E-state index contributed by atoms with van der Waals surface area (Å²) in [5.41, 5.74) is 8.81. The number of rotatable bonds is 10. The Morgan fingerprint density at radius 1 is 0.977 bits per heavy atom. The second-order valence-electron chi connectivity index (χ2n) is 11.2. The molecule has 5 aromatic rings. The lowest BCUT2D eigenvalue weighted by atomic mass is 9.97. The van der Waals surface area contributed by atoms with Crippen molar-refractivity contribution in [3.63, 3.8) is 0 Å². The van der Waals surface area contributed by atoms with Crippen LogP contribution in [0.15, 0.2) is 79.0 Å². The fourth-order valence-corrected chi connectivity index (χ4v) is 5.50. The van der Waals surface area contributed by atoms with E-state index in [1.165, 1.54) is 10.2 Å². The number of aryl methyl sites for hydroxylation is 3. The molecule has 9 nitrogen and oxygen atoms in total. The SMILES string of the molecule is Cc1n[nH]c(C)c1-c1ccc(NC(=O)[C@H](Cc2cc(-c3cccc(CN(C)C)c3)ccc2Cl)NC(=O)c2ccnn2C)cc1. The van der Waals surface area contributed by atoms with Gasteiger partial charge in [-0.2, -0.15) is 10.2 Å². The van der Waals surface area contributed by atoms with E-state index in [2.05, 4.69) is 49.0 Å². The van der Waals surface area contributed by atoms with Crippen LogP contribution in [0.4, 0.5) is 5.69 Å². The van der Waals surface area contributed by atoms with Gasteiger partial charge in [0.15, 0.2) is 0 Å². The first-order valence-corrected chi connectivity index (χ1v) is 14.7. The van der Waals surface area contributed by atoms with Crippen molar-refractivity contribution in [3.8, 4) is 22.3 Å². The first kappa shape index (κ1) is 30.7. The molecule has 2 amide bonds. The van der Waals surface area contributed by atoms with Gasteiger partial charge in [0.2, 0.25) is 5.91 Å². The van der Waals surface area contributed by atoms with Crippen LogP contribution in [-0.2, 0) is 24.8 Å². The van der Waals surface area contributed by atoms with Gasteiger partial charge >= 0.3 is 0 Å². The summed E-state index contributed by atoms with van der Waals surface area (Å²) in [6.45, 7) is 4.74. The molecule has 0 saturated carbocycles. The van der Waals surface area contributed by atoms with Crippen LogP contribution in [0.3, 0.4) is 0 Å². The Labute approximate surface area is 262 Å². The highest BCUT2D eigenvalue weighted by Gasteiger charge is 2.25. The lowest BCUT2D eigenvalue weighted by molar-refractivity contribution is -0.118. The molecule has 0 spiro atoms. The lowest BCUT2D eigenvalue weighted by Crippen LogP contribution is -2.45. The van der Waals surface area contributed by atoms with Gasteiger partial charge in [0, 0.05) is 48.2 Å². The molecule has 0 saturated heterocycles. The molecule has 0 aliphatic heterocycles. The summed E-state index contributed by atoms with van der Waals surface area (Å²) >= 11 is 6.67. The first-order valence-electron chi connectivity index (χ1n) is 14.3. The zero-order valence-corrected chi connectivity index (χ0v) is 26.2. The van der Waals surface area contributed by atoms with Gasteiger partial charge in [0.1, 0.15) is 11.7 Å². The molecule has 5 rings (SSSR count). The predicted octanol–water partition coefficient (Wildman–Crippen LogP) is 5.79. The number of carbonyl (C=O) groups excluding carboxylic acids is 2. The van der Waals surface area contributed by atoms with E-state index in [4.69, 9.17) is 11.6 Å². The van der Waals surface area contributed by atoms with Crippen LogP contribution in [0.1, 0.15) is 33.0 Å². The summed E-state index contributed by atoms with van der Waals surface area (Å²) in [7, 11) is 5.75. The number of H-pyrrole nitrogens is 1. The average Bonchev–Trinajstić information content (AvgIpc) is 3.57. The van der Waals surface area contributed by atoms with Crippen LogP contribution in [0.2, 0.25) is 5.02 Å². The van der Waals surface area contributed by atoms with Crippen LogP contribution in [-0.4, -0.2) is 56.8 Å². The summed E-state index contributed by atoms with van der Waals surface area (Å²) in [5.74, 6) is -0.770. The van der Waals surface area contributed by atoms with Gasteiger partial charge < -0.3 is 15.5 Å². The molecule has 0 unspecified atom stereocenters.